The molecule has 0 aliphatic carbocycles. The van der Waals surface area contributed by atoms with Crippen molar-refractivity contribution in [1.82, 2.24) is 14.7 Å². The van der Waals surface area contributed by atoms with Gasteiger partial charge in [0.2, 0.25) is 11.8 Å². The molecule has 7 heteroatoms. The molecule has 2 amide bonds. The maximum atomic E-state index is 13.2. The van der Waals surface area contributed by atoms with Gasteiger partial charge in [0.1, 0.15) is 11.7 Å². The fraction of sp³-hybridized carbons (Fsp3) is 0.450. The van der Waals surface area contributed by atoms with Crippen molar-refractivity contribution in [3.05, 3.63) is 47.3 Å². The van der Waals surface area contributed by atoms with Gasteiger partial charge in [0.15, 0.2) is 5.72 Å². The lowest BCUT2D eigenvalue weighted by atomic mass is 9.73. The highest BCUT2D eigenvalue weighted by Gasteiger charge is 2.55. The second-order valence-corrected chi connectivity index (χ2v) is 7.65. The third kappa shape index (κ3) is 2.78. The van der Waals surface area contributed by atoms with E-state index in [4.69, 9.17) is 10.5 Å². The highest BCUT2D eigenvalue weighted by atomic mass is 16.5. The number of primary amides is 1. The van der Waals surface area contributed by atoms with Crippen LogP contribution < -0.4 is 10.5 Å². The van der Waals surface area contributed by atoms with E-state index in [1.807, 2.05) is 55.8 Å². The van der Waals surface area contributed by atoms with Gasteiger partial charge in [-0.15, -0.1) is 0 Å². The zero-order valence-corrected chi connectivity index (χ0v) is 15.8. The van der Waals surface area contributed by atoms with E-state index in [9.17, 15) is 9.59 Å². The van der Waals surface area contributed by atoms with Crippen LogP contribution in [0.3, 0.4) is 0 Å². The van der Waals surface area contributed by atoms with Crippen LogP contribution >= 0.6 is 0 Å². The molecule has 3 unspecified atom stereocenters. The SMILES string of the molecule is Cc1cc(C)n(CCN2C(=O)C(C(N)=O)C3CC2(C)Oc2ccccc23)n1. The summed E-state index contributed by atoms with van der Waals surface area (Å²) < 4.78 is 8.12. The summed E-state index contributed by atoms with van der Waals surface area (Å²) in [6, 6.07) is 9.57. The number of nitrogens with two attached hydrogens (primary N) is 1. The van der Waals surface area contributed by atoms with Gasteiger partial charge in [-0.25, -0.2) is 0 Å². The summed E-state index contributed by atoms with van der Waals surface area (Å²) >= 11 is 0. The van der Waals surface area contributed by atoms with Crippen LogP contribution in [0.2, 0.25) is 0 Å². The average Bonchev–Trinajstić information content (AvgIpc) is 2.91. The molecule has 2 aromatic rings. The number of hydrogen-bond acceptors (Lipinski definition) is 4. The van der Waals surface area contributed by atoms with E-state index < -0.39 is 17.6 Å². The molecule has 142 valence electrons. The summed E-state index contributed by atoms with van der Waals surface area (Å²) in [5, 5.41) is 4.46. The Balaban J connectivity index is 1.69. The lowest BCUT2D eigenvalue weighted by Gasteiger charge is -2.52. The van der Waals surface area contributed by atoms with E-state index in [-0.39, 0.29) is 11.8 Å². The molecule has 2 N–H and O–H groups in total. The van der Waals surface area contributed by atoms with Gasteiger partial charge in [-0.2, -0.15) is 5.10 Å². The number of amides is 2. The number of benzene rings is 1. The molecule has 4 rings (SSSR count). The predicted molar refractivity (Wildman–Crippen MR) is 98.9 cm³/mol. The molecule has 1 aromatic carbocycles. The fourth-order valence-corrected chi connectivity index (χ4v) is 4.47. The van der Waals surface area contributed by atoms with Crippen LogP contribution in [0, 0.1) is 19.8 Å². The van der Waals surface area contributed by atoms with E-state index in [0.717, 1.165) is 17.0 Å². The molecule has 1 saturated heterocycles. The first kappa shape index (κ1) is 17.6. The molecule has 1 fully saturated rings. The van der Waals surface area contributed by atoms with Crippen LogP contribution in [0.25, 0.3) is 0 Å². The molecule has 3 heterocycles. The van der Waals surface area contributed by atoms with E-state index in [1.165, 1.54) is 0 Å². The van der Waals surface area contributed by atoms with Gasteiger partial charge in [0, 0.05) is 24.6 Å². The minimum atomic E-state index is -0.872. The number of aromatic nitrogens is 2. The number of carbonyl (C=O) groups excluding carboxylic acids is 2. The number of carbonyl (C=O) groups is 2. The quantitative estimate of drug-likeness (QED) is 0.832. The largest absolute Gasteiger partial charge is 0.468 e. The molecule has 0 spiro atoms. The Morgan fingerprint density at radius 1 is 1.33 bits per heavy atom. The minimum absolute atomic E-state index is 0.255. The van der Waals surface area contributed by atoms with Gasteiger partial charge in [-0.3, -0.25) is 14.3 Å². The number of para-hydroxylation sites is 1. The normalized spacial score (nSPS) is 26.5. The van der Waals surface area contributed by atoms with Crippen LogP contribution in [-0.4, -0.2) is 38.8 Å². The number of ether oxygens (including phenoxy) is 1. The van der Waals surface area contributed by atoms with Crippen LogP contribution in [0.1, 0.15) is 36.2 Å². The van der Waals surface area contributed by atoms with Crippen molar-refractivity contribution in [3.8, 4) is 5.75 Å². The van der Waals surface area contributed by atoms with Crippen molar-refractivity contribution in [3.63, 3.8) is 0 Å². The first-order valence-electron chi connectivity index (χ1n) is 9.20. The van der Waals surface area contributed by atoms with Crippen molar-refractivity contribution in [1.29, 1.82) is 0 Å². The summed E-state index contributed by atoms with van der Waals surface area (Å²) in [6.45, 7) is 6.76. The lowest BCUT2D eigenvalue weighted by molar-refractivity contribution is -0.175. The molecule has 1 aromatic heterocycles. The Bertz CT molecular complexity index is 922. The van der Waals surface area contributed by atoms with Gasteiger partial charge in [0.25, 0.3) is 0 Å². The summed E-state index contributed by atoms with van der Waals surface area (Å²) in [7, 11) is 0. The molecule has 3 atom stereocenters. The van der Waals surface area contributed by atoms with Gasteiger partial charge in [0.05, 0.1) is 12.2 Å². The van der Waals surface area contributed by atoms with E-state index >= 15 is 0 Å². The summed E-state index contributed by atoms with van der Waals surface area (Å²) in [5.74, 6) is -1.26. The zero-order valence-electron chi connectivity index (χ0n) is 15.8. The van der Waals surface area contributed by atoms with Crippen LogP contribution in [0.15, 0.2) is 30.3 Å². The minimum Gasteiger partial charge on any atom is -0.468 e. The molecule has 0 radical (unpaired) electrons. The number of nitrogens with zero attached hydrogens (tertiary/aromatic N) is 3. The van der Waals surface area contributed by atoms with Gasteiger partial charge in [-0.1, -0.05) is 18.2 Å². The maximum absolute atomic E-state index is 13.2. The summed E-state index contributed by atoms with van der Waals surface area (Å²) in [6.07, 6.45) is 0.542. The Kier molecular flexibility index (Phi) is 3.98. The predicted octanol–water partition coefficient (Wildman–Crippen LogP) is 1.73. The number of fused-ring (bicyclic) bond motifs is 4. The Morgan fingerprint density at radius 2 is 2.07 bits per heavy atom. The second-order valence-electron chi connectivity index (χ2n) is 7.65. The van der Waals surface area contributed by atoms with Crippen LogP contribution in [0.5, 0.6) is 5.75 Å². The number of aryl methyl sites for hydroxylation is 2. The third-order valence-corrected chi connectivity index (χ3v) is 5.70. The fourth-order valence-electron chi connectivity index (χ4n) is 4.47. The van der Waals surface area contributed by atoms with Crippen molar-refractivity contribution >= 4 is 11.8 Å². The van der Waals surface area contributed by atoms with Crippen molar-refractivity contribution in [2.75, 3.05) is 6.54 Å². The average molecular weight is 368 g/mol. The van der Waals surface area contributed by atoms with E-state index in [1.54, 1.807) is 4.90 Å². The lowest BCUT2D eigenvalue weighted by Crippen LogP contribution is -2.65. The van der Waals surface area contributed by atoms with Crippen molar-refractivity contribution < 1.29 is 14.3 Å². The first-order valence-corrected chi connectivity index (χ1v) is 9.20. The Labute approximate surface area is 158 Å². The van der Waals surface area contributed by atoms with E-state index in [2.05, 4.69) is 5.10 Å². The van der Waals surface area contributed by atoms with Gasteiger partial charge >= 0.3 is 0 Å². The number of rotatable bonds is 4. The zero-order chi connectivity index (χ0) is 19.3. The smallest absolute Gasteiger partial charge is 0.238 e. The van der Waals surface area contributed by atoms with Crippen LogP contribution in [-0.2, 0) is 16.1 Å². The molecule has 2 bridgehead atoms. The van der Waals surface area contributed by atoms with Gasteiger partial charge in [-0.05, 0) is 38.5 Å². The maximum Gasteiger partial charge on any atom is 0.238 e. The topological polar surface area (TPSA) is 90.5 Å². The first-order chi connectivity index (χ1) is 12.8. The molecule has 2 aliphatic heterocycles. The Hall–Kier alpha value is -2.83. The molecule has 0 saturated carbocycles. The van der Waals surface area contributed by atoms with E-state index in [0.29, 0.717) is 25.3 Å². The molecule has 27 heavy (non-hydrogen) atoms. The van der Waals surface area contributed by atoms with Crippen LogP contribution in [0.4, 0.5) is 0 Å². The number of likely N-dealkylation sites (tertiary alicyclic amines) is 1. The summed E-state index contributed by atoms with van der Waals surface area (Å²) in [5.41, 5.74) is 7.68. The standard InChI is InChI=1S/C20H24N4O3/c1-12-10-13(2)24(22-12)9-8-23-19(26)17(18(21)25)15-11-20(23,3)27-16-7-5-4-6-14(15)16/h4-7,10,15,17H,8-9,11H2,1-3H3,(H2,21,25). The molecule has 7 nitrogen and oxygen atoms in total. The summed E-state index contributed by atoms with van der Waals surface area (Å²) in [4.78, 5) is 27.1. The monoisotopic (exact) mass is 368 g/mol. The number of piperidine rings is 1. The third-order valence-electron chi connectivity index (χ3n) is 5.70. The number of hydrogen-bond donors (Lipinski definition) is 1. The van der Waals surface area contributed by atoms with Gasteiger partial charge < -0.3 is 15.4 Å². The molecule has 2 aliphatic rings. The van der Waals surface area contributed by atoms with Crippen molar-refractivity contribution in [2.45, 2.75) is 45.4 Å². The molecular formula is C20H24N4O3. The highest BCUT2D eigenvalue weighted by molar-refractivity contribution is 6.01. The molecular weight excluding hydrogens is 344 g/mol. The second kappa shape index (κ2) is 6.11. The Morgan fingerprint density at radius 3 is 2.74 bits per heavy atom. The van der Waals surface area contributed by atoms with Crippen molar-refractivity contribution in [2.24, 2.45) is 11.7 Å². The highest BCUT2D eigenvalue weighted by Crippen LogP contribution is 2.49.